The molecule has 0 amide bonds. The molecule has 0 fully saturated rings. The number of benzene rings is 1. The van der Waals surface area contributed by atoms with Gasteiger partial charge in [-0.15, -0.1) is 0 Å². The van der Waals surface area contributed by atoms with Gasteiger partial charge >= 0.3 is 5.97 Å². The largest absolute Gasteiger partial charge is 0.492 e. The SMILES string of the molecule is COc1c(C(N)C(=O)O)ccc2c1OCCCO2. The van der Waals surface area contributed by atoms with Gasteiger partial charge in [0.25, 0.3) is 0 Å². The van der Waals surface area contributed by atoms with Crippen molar-refractivity contribution < 1.29 is 24.1 Å². The molecule has 18 heavy (non-hydrogen) atoms. The van der Waals surface area contributed by atoms with Gasteiger partial charge in [0.2, 0.25) is 5.75 Å². The van der Waals surface area contributed by atoms with E-state index in [0.29, 0.717) is 36.0 Å². The van der Waals surface area contributed by atoms with Crippen molar-refractivity contribution in [2.45, 2.75) is 12.5 Å². The first-order valence-corrected chi connectivity index (χ1v) is 5.60. The quantitative estimate of drug-likeness (QED) is 0.833. The van der Waals surface area contributed by atoms with Crippen LogP contribution in [0.3, 0.4) is 0 Å². The first-order valence-electron chi connectivity index (χ1n) is 5.60. The molecule has 0 radical (unpaired) electrons. The zero-order valence-electron chi connectivity index (χ0n) is 10.0. The zero-order chi connectivity index (χ0) is 13.1. The standard InChI is InChI=1S/C12H15NO5/c1-16-10-7(9(13)12(14)15)3-4-8-11(10)18-6-2-5-17-8/h3-4,9H,2,5-6,13H2,1H3,(H,14,15). The average Bonchev–Trinajstić information content (AvgIpc) is 2.61. The molecule has 1 unspecified atom stereocenters. The lowest BCUT2D eigenvalue weighted by atomic mass is 10.1. The van der Waals surface area contributed by atoms with Crippen LogP contribution < -0.4 is 19.9 Å². The van der Waals surface area contributed by atoms with E-state index < -0.39 is 12.0 Å². The van der Waals surface area contributed by atoms with E-state index in [0.717, 1.165) is 6.42 Å². The second kappa shape index (κ2) is 5.14. The number of fused-ring (bicyclic) bond motifs is 1. The number of nitrogens with two attached hydrogens (primary N) is 1. The van der Waals surface area contributed by atoms with Gasteiger partial charge in [-0.2, -0.15) is 0 Å². The Morgan fingerprint density at radius 1 is 1.44 bits per heavy atom. The second-order valence-corrected chi connectivity index (χ2v) is 3.88. The van der Waals surface area contributed by atoms with Crippen LogP contribution in [-0.2, 0) is 4.79 Å². The van der Waals surface area contributed by atoms with Crippen LogP contribution in [-0.4, -0.2) is 31.4 Å². The first kappa shape index (κ1) is 12.5. The highest BCUT2D eigenvalue weighted by atomic mass is 16.5. The van der Waals surface area contributed by atoms with Gasteiger partial charge in [-0.05, 0) is 12.1 Å². The number of methoxy groups -OCH3 is 1. The van der Waals surface area contributed by atoms with E-state index >= 15 is 0 Å². The average molecular weight is 253 g/mol. The fourth-order valence-electron chi connectivity index (χ4n) is 1.81. The lowest BCUT2D eigenvalue weighted by Crippen LogP contribution is -2.21. The maximum atomic E-state index is 11.0. The Kier molecular flexibility index (Phi) is 3.57. The Balaban J connectivity index is 2.49. The summed E-state index contributed by atoms with van der Waals surface area (Å²) in [6, 6.07) is 2.09. The summed E-state index contributed by atoms with van der Waals surface area (Å²) >= 11 is 0. The van der Waals surface area contributed by atoms with Crippen molar-refractivity contribution >= 4 is 5.97 Å². The monoisotopic (exact) mass is 253 g/mol. The highest BCUT2D eigenvalue weighted by Gasteiger charge is 2.25. The van der Waals surface area contributed by atoms with Crippen molar-refractivity contribution in [2.24, 2.45) is 5.73 Å². The van der Waals surface area contributed by atoms with Gasteiger partial charge in [0.05, 0.1) is 20.3 Å². The number of carboxylic acid groups (broad SMARTS) is 1. The summed E-state index contributed by atoms with van der Waals surface area (Å²) in [5.74, 6) is 0.168. The van der Waals surface area contributed by atoms with Crippen LogP contribution in [0.25, 0.3) is 0 Å². The minimum atomic E-state index is -1.16. The van der Waals surface area contributed by atoms with Crippen molar-refractivity contribution in [1.29, 1.82) is 0 Å². The van der Waals surface area contributed by atoms with Crippen LogP contribution in [0.2, 0.25) is 0 Å². The second-order valence-electron chi connectivity index (χ2n) is 3.88. The van der Waals surface area contributed by atoms with Gasteiger partial charge in [0.1, 0.15) is 6.04 Å². The van der Waals surface area contributed by atoms with Crippen molar-refractivity contribution in [2.75, 3.05) is 20.3 Å². The van der Waals surface area contributed by atoms with Gasteiger partial charge < -0.3 is 25.1 Å². The number of carboxylic acids is 1. The third-order valence-corrected chi connectivity index (χ3v) is 2.70. The molecule has 1 aliphatic rings. The van der Waals surface area contributed by atoms with Crippen molar-refractivity contribution in [3.63, 3.8) is 0 Å². The molecule has 0 saturated carbocycles. The number of ether oxygens (including phenoxy) is 3. The molecular weight excluding hydrogens is 238 g/mol. The summed E-state index contributed by atoms with van der Waals surface area (Å²) in [5, 5.41) is 8.96. The number of hydrogen-bond donors (Lipinski definition) is 2. The van der Waals surface area contributed by atoms with Crippen LogP contribution in [0.5, 0.6) is 17.2 Å². The smallest absolute Gasteiger partial charge is 0.325 e. The molecule has 1 atom stereocenters. The Hall–Kier alpha value is -1.95. The predicted octanol–water partition coefficient (Wildman–Crippen LogP) is 0.941. The Labute approximate surface area is 104 Å². The molecule has 3 N–H and O–H groups in total. The van der Waals surface area contributed by atoms with Gasteiger partial charge in [0.15, 0.2) is 11.5 Å². The van der Waals surface area contributed by atoms with Gasteiger partial charge in [-0.3, -0.25) is 4.79 Å². The van der Waals surface area contributed by atoms with Crippen molar-refractivity contribution in [1.82, 2.24) is 0 Å². The zero-order valence-corrected chi connectivity index (χ0v) is 10.0. The molecule has 98 valence electrons. The summed E-state index contributed by atoms with van der Waals surface area (Å²) in [6.07, 6.45) is 0.762. The molecule has 0 bridgehead atoms. The van der Waals surface area contributed by atoms with Crippen LogP contribution in [0.4, 0.5) is 0 Å². The molecule has 0 aliphatic carbocycles. The number of rotatable bonds is 3. The van der Waals surface area contributed by atoms with E-state index in [1.54, 1.807) is 12.1 Å². The van der Waals surface area contributed by atoms with E-state index in [-0.39, 0.29) is 0 Å². The highest BCUT2D eigenvalue weighted by Crippen LogP contribution is 2.42. The fraction of sp³-hybridized carbons (Fsp3) is 0.417. The van der Waals surface area contributed by atoms with E-state index in [4.69, 9.17) is 25.1 Å². The highest BCUT2D eigenvalue weighted by molar-refractivity contribution is 5.77. The maximum Gasteiger partial charge on any atom is 0.325 e. The molecule has 0 saturated heterocycles. The van der Waals surface area contributed by atoms with Gasteiger partial charge in [0, 0.05) is 12.0 Å². The molecule has 1 aromatic carbocycles. The van der Waals surface area contributed by atoms with Gasteiger partial charge in [-0.1, -0.05) is 0 Å². The Bertz CT molecular complexity index is 460. The molecule has 1 heterocycles. The lowest BCUT2D eigenvalue weighted by Gasteiger charge is -2.17. The molecule has 0 aromatic heterocycles. The summed E-state index contributed by atoms with van der Waals surface area (Å²) in [6.45, 7) is 1.05. The molecule has 1 aromatic rings. The molecule has 6 nitrogen and oxygen atoms in total. The first-order chi connectivity index (χ1) is 8.65. The predicted molar refractivity (Wildman–Crippen MR) is 63.2 cm³/mol. The normalized spacial score (nSPS) is 15.7. The number of aliphatic carboxylic acids is 1. The molecule has 1 aliphatic heterocycles. The topological polar surface area (TPSA) is 91.0 Å². The van der Waals surface area contributed by atoms with Crippen molar-refractivity contribution in [3.8, 4) is 17.2 Å². The minimum absolute atomic E-state index is 0.323. The summed E-state index contributed by atoms with van der Waals surface area (Å²) in [5.41, 5.74) is 5.98. The Morgan fingerprint density at radius 3 is 2.83 bits per heavy atom. The minimum Gasteiger partial charge on any atom is -0.492 e. The van der Waals surface area contributed by atoms with E-state index in [9.17, 15) is 4.79 Å². The van der Waals surface area contributed by atoms with E-state index in [1.807, 2.05) is 0 Å². The summed E-state index contributed by atoms with van der Waals surface area (Å²) < 4.78 is 16.3. The van der Waals surface area contributed by atoms with Crippen LogP contribution >= 0.6 is 0 Å². The molecular formula is C12H15NO5. The lowest BCUT2D eigenvalue weighted by molar-refractivity contribution is -0.138. The summed E-state index contributed by atoms with van der Waals surface area (Å²) in [7, 11) is 1.45. The van der Waals surface area contributed by atoms with E-state index in [1.165, 1.54) is 7.11 Å². The summed E-state index contributed by atoms with van der Waals surface area (Å²) in [4.78, 5) is 11.0. The van der Waals surface area contributed by atoms with Crippen molar-refractivity contribution in [3.05, 3.63) is 17.7 Å². The van der Waals surface area contributed by atoms with Gasteiger partial charge in [-0.25, -0.2) is 0 Å². The Morgan fingerprint density at radius 2 is 2.17 bits per heavy atom. The number of carbonyl (C=O) groups is 1. The molecule has 6 heteroatoms. The van der Waals surface area contributed by atoms with Crippen LogP contribution in [0.15, 0.2) is 12.1 Å². The van der Waals surface area contributed by atoms with E-state index in [2.05, 4.69) is 0 Å². The fourth-order valence-corrected chi connectivity index (χ4v) is 1.81. The third kappa shape index (κ3) is 2.19. The van der Waals surface area contributed by atoms with Crippen LogP contribution in [0.1, 0.15) is 18.0 Å². The molecule has 2 rings (SSSR count). The van der Waals surface area contributed by atoms with Crippen LogP contribution in [0, 0.1) is 0 Å². The maximum absolute atomic E-state index is 11.0. The molecule has 0 spiro atoms. The third-order valence-electron chi connectivity index (χ3n) is 2.70. The number of hydrogen-bond acceptors (Lipinski definition) is 5.